The lowest BCUT2D eigenvalue weighted by Gasteiger charge is -2.35. The van der Waals surface area contributed by atoms with Gasteiger partial charge in [0.05, 0.1) is 27.1 Å². The molecule has 2 N–H and O–H groups in total. The van der Waals surface area contributed by atoms with Gasteiger partial charge in [0.25, 0.3) is 0 Å². The van der Waals surface area contributed by atoms with Crippen molar-refractivity contribution in [2.24, 2.45) is 5.92 Å². The first-order valence-corrected chi connectivity index (χ1v) is 8.20. The van der Waals surface area contributed by atoms with Crippen LogP contribution in [0.1, 0.15) is 44.1 Å². The van der Waals surface area contributed by atoms with E-state index in [4.69, 9.17) is 0 Å². The summed E-state index contributed by atoms with van der Waals surface area (Å²) in [4.78, 5) is 1.39. The average molecular weight is 286 g/mol. The molecule has 1 fully saturated rings. The Bertz CT molecular complexity index is 479. The molecule has 0 saturated heterocycles. The summed E-state index contributed by atoms with van der Waals surface area (Å²) in [5, 5.41) is 11.3. The Hall–Kier alpha value is -1.30. The predicted molar refractivity (Wildman–Crippen MR) is 87.0 cm³/mol. The Morgan fingerprint density at radius 1 is 1.14 bits per heavy atom. The topological polar surface area (TPSA) is 24.7 Å². The summed E-state index contributed by atoms with van der Waals surface area (Å²) >= 11 is 0. The summed E-state index contributed by atoms with van der Waals surface area (Å²) in [7, 11) is 4.26. The number of aliphatic hydroxyl groups is 1. The van der Waals surface area contributed by atoms with Crippen LogP contribution < -0.4 is 4.90 Å². The maximum absolute atomic E-state index is 11.3. The fraction of sp³-hybridized carbons (Fsp3) is 0.579. The van der Waals surface area contributed by atoms with E-state index in [0.717, 1.165) is 31.4 Å². The van der Waals surface area contributed by atoms with Crippen LogP contribution in [0, 0.1) is 17.8 Å². The Labute approximate surface area is 129 Å². The summed E-state index contributed by atoms with van der Waals surface area (Å²) in [5.41, 5.74) is -0.00911. The van der Waals surface area contributed by atoms with Crippen molar-refractivity contribution in [2.75, 3.05) is 20.6 Å². The van der Waals surface area contributed by atoms with E-state index >= 15 is 0 Å². The molecular weight excluding hydrogens is 258 g/mol. The molecular formula is C19H28NO+. The molecule has 1 aliphatic rings. The zero-order chi connectivity index (χ0) is 15.1. The fourth-order valence-corrected chi connectivity index (χ4v) is 3.13. The highest BCUT2D eigenvalue weighted by Gasteiger charge is 2.37. The van der Waals surface area contributed by atoms with E-state index in [2.05, 4.69) is 25.9 Å². The van der Waals surface area contributed by atoms with E-state index in [1.165, 1.54) is 24.2 Å². The van der Waals surface area contributed by atoms with Gasteiger partial charge in [-0.15, -0.1) is 0 Å². The van der Waals surface area contributed by atoms with Gasteiger partial charge in [-0.25, -0.2) is 0 Å². The van der Waals surface area contributed by atoms with Crippen LogP contribution in [0.3, 0.4) is 0 Å². The minimum atomic E-state index is -0.969. The van der Waals surface area contributed by atoms with Gasteiger partial charge in [-0.1, -0.05) is 61.4 Å². The smallest absolute Gasteiger partial charge is 0.153 e. The molecule has 1 aromatic carbocycles. The number of rotatable bonds is 4. The van der Waals surface area contributed by atoms with Crippen molar-refractivity contribution < 1.29 is 10.0 Å². The fourth-order valence-electron chi connectivity index (χ4n) is 3.13. The number of hydrogen-bond acceptors (Lipinski definition) is 1. The van der Waals surface area contributed by atoms with Crippen molar-refractivity contribution in [3.8, 4) is 11.8 Å². The zero-order valence-electron chi connectivity index (χ0n) is 13.4. The summed E-state index contributed by atoms with van der Waals surface area (Å²) in [6, 6.07) is 10.0. The lowest BCUT2D eigenvalue weighted by molar-refractivity contribution is -0.857. The van der Waals surface area contributed by atoms with Crippen LogP contribution in [0.4, 0.5) is 0 Å². The van der Waals surface area contributed by atoms with Gasteiger partial charge in [0.2, 0.25) is 0 Å². The molecule has 1 aliphatic carbocycles. The normalized spacial score (nSPS) is 18.9. The van der Waals surface area contributed by atoms with E-state index in [1.54, 1.807) is 0 Å². The van der Waals surface area contributed by atoms with Crippen molar-refractivity contribution in [3.63, 3.8) is 0 Å². The maximum atomic E-state index is 11.3. The third-order valence-electron chi connectivity index (χ3n) is 4.44. The summed E-state index contributed by atoms with van der Waals surface area (Å²) in [5.74, 6) is 6.73. The Morgan fingerprint density at radius 2 is 1.81 bits per heavy atom. The van der Waals surface area contributed by atoms with E-state index < -0.39 is 5.60 Å². The molecule has 0 amide bonds. The van der Waals surface area contributed by atoms with Crippen LogP contribution in [0.15, 0.2) is 30.3 Å². The van der Waals surface area contributed by atoms with Gasteiger partial charge < -0.3 is 10.0 Å². The van der Waals surface area contributed by atoms with Crippen LogP contribution in [0.2, 0.25) is 0 Å². The monoisotopic (exact) mass is 286 g/mol. The zero-order valence-corrected chi connectivity index (χ0v) is 13.4. The molecule has 21 heavy (non-hydrogen) atoms. The number of hydrogen-bond donors (Lipinski definition) is 2. The molecule has 2 heteroatoms. The SMILES string of the molecule is C[NH+](C)CCC#C[C@@](O)(c1ccccc1)C1CCCCC1. The standard InChI is InChI=1S/C19H27NO/c1-20(2)16-10-9-15-19(21,17-11-5-3-6-12-17)18-13-7-4-8-14-18/h3,5-6,11-12,18,21H,4,7-8,10,13-14,16H2,1-2H3/p+1/t19-/m1/s1. The Morgan fingerprint density at radius 3 is 2.43 bits per heavy atom. The van der Waals surface area contributed by atoms with Crippen molar-refractivity contribution >= 4 is 0 Å². The summed E-state index contributed by atoms with van der Waals surface area (Å²) in [6.07, 6.45) is 6.72. The second-order valence-corrected chi connectivity index (χ2v) is 6.48. The van der Waals surface area contributed by atoms with Gasteiger partial charge in [0.15, 0.2) is 5.60 Å². The lowest BCUT2D eigenvalue weighted by atomic mass is 9.73. The summed E-state index contributed by atoms with van der Waals surface area (Å²) < 4.78 is 0. The van der Waals surface area contributed by atoms with Gasteiger partial charge in [-0.05, 0) is 18.4 Å². The predicted octanol–water partition coefficient (Wildman–Crippen LogP) is 1.99. The largest absolute Gasteiger partial charge is 0.373 e. The molecule has 0 heterocycles. The third-order valence-corrected chi connectivity index (χ3v) is 4.44. The van der Waals surface area contributed by atoms with Crippen molar-refractivity contribution in [1.29, 1.82) is 0 Å². The highest BCUT2D eigenvalue weighted by atomic mass is 16.3. The molecule has 0 spiro atoms. The average Bonchev–Trinajstić information content (AvgIpc) is 2.53. The van der Waals surface area contributed by atoms with E-state index in [9.17, 15) is 5.11 Å². The van der Waals surface area contributed by atoms with Gasteiger partial charge in [0, 0.05) is 5.92 Å². The Balaban J connectivity index is 2.21. The lowest BCUT2D eigenvalue weighted by Crippen LogP contribution is -3.05. The quantitative estimate of drug-likeness (QED) is 0.813. The molecule has 0 bridgehead atoms. The first-order chi connectivity index (χ1) is 10.1. The van der Waals surface area contributed by atoms with Gasteiger partial charge in [0.1, 0.15) is 0 Å². The second kappa shape index (κ2) is 7.64. The maximum Gasteiger partial charge on any atom is 0.153 e. The molecule has 0 aliphatic heterocycles. The molecule has 2 rings (SSSR count). The summed E-state index contributed by atoms with van der Waals surface area (Å²) in [6.45, 7) is 1.02. The van der Waals surface area contributed by atoms with Gasteiger partial charge >= 0.3 is 0 Å². The van der Waals surface area contributed by atoms with Crippen molar-refractivity contribution in [3.05, 3.63) is 35.9 Å². The molecule has 0 radical (unpaired) electrons. The molecule has 1 atom stereocenters. The van der Waals surface area contributed by atoms with Crippen LogP contribution in [0.25, 0.3) is 0 Å². The Kier molecular flexibility index (Phi) is 5.85. The first kappa shape index (κ1) is 16.1. The van der Waals surface area contributed by atoms with Crippen LogP contribution >= 0.6 is 0 Å². The number of benzene rings is 1. The molecule has 0 unspecified atom stereocenters. The third kappa shape index (κ3) is 4.33. The second-order valence-electron chi connectivity index (χ2n) is 6.48. The first-order valence-electron chi connectivity index (χ1n) is 8.20. The van der Waals surface area contributed by atoms with Gasteiger partial charge in [-0.2, -0.15) is 0 Å². The van der Waals surface area contributed by atoms with Crippen molar-refractivity contribution in [1.82, 2.24) is 0 Å². The van der Waals surface area contributed by atoms with Gasteiger partial charge in [-0.3, -0.25) is 0 Å². The number of nitrogens with one attached hydrogen (secondary N) is 1. The highest BCUT2D eigenvalue weighted by molar-refractivity contribution is 5.33. The van der Waals surface area contributed by atoms with E-state index in [0.29, 0.717) is 0 Å². The highest BCUT2D eigenvalue weighted by Crippen LogP contribution is 2.38. The van der Waals surface area contributed by atoms with E-state index in [1.807, 2.05) is 30.3 Å². The molecule has 1 saturated carbocycles. The van der Waals surface area contributed by atoms with Crippen LogP contribution in [-0.2, 0) is 5.60 Å². The minimum absolute atomic E-state index is 0.271. The van der Waals surface area contributed by atoms with E-state index in [-0.39, 0.29) is 5.92 Å². The minimum Gasteiger partial charge on any atom is -0.373 e. The molecule has 1 aromatic rings. The number of quaternary nitrogens is 1. The molecule has 114 valence electrons. The van der Waals surface area contributed by atoms with Crippen molar-refractivity contribution in [2.45, 2.75) is 44.1 Å². The molecule has 2 nitrogen and oxygen atoms in total. The van der Waals surface area contributed by atoms with Crippen LogP contribution in [0.5, 0.6) is 0 Å². The molecule has 0 aromatic heterocycles. The van der Waals surface area contributed by atoms with Crippen LogP contribution in [-0.4, -0.2) is 25.7 Å².